The van der Waals surface area contributed by atoms with E-state index in [2.05, 4.69) is 39.2 Å². The average molecular weight is 356 g/mol. The Labute approximate surface area is 150 Å². The summed E-state index contributed by atoms with van der Waals surface area (Å²) in [6.45, 7) is 4.62. The van der Waals surface area contributed by atoms with Crippen molar-refractivity contribution in [1.29, 1.82) is 0 Å². The molecule has 3 rings (SSSR count). The zero-order valence-electron chi connectivity index (χ0n) is 14.4. The van der Waals surface area contributed by atoms with E-state index >= 15 is 0 Å². The molecular weight excluding hydrogens is 336 g/mol. The van der Waals surface area contributed by atoms with Crippen LogP contribution in [0, 0.1) is 5.92 Å². The molecule has 0 aliphatic heterocycles. The van der Waals surface area contributed by atoms with Crippen LogP contribution in [0.5, 0.6) is 0 Å². The molecule has 3 aromatic heterocycles. The minimum atomic E-state index is -0.154. The summed E-state index contributed by atoms with van der Waals surface area (Å²) in [5.41, 5.74) is 3.01. The first kappa shape index (κ1) is 17.2. The van der Waals surface area contributed by atoms with Crippen molar-refractivity contribution in [2.45, 2.75) is 26.8 Å². The molecular formula is C17H20N6OS. The van der Waals surface area contributed by atoms with Crippen molar-refractivity contribution in [3.63, 3.8) is 0 Å². The van der Waals surface area contributed by atoms with Crippen molar-refractivity contribution >= 4 is 17.2 Å². The van der Waals surface area contributed by atoms with Crippen molar-refractivity contribution < 1.29 is 4.79 Å². The molecule has 0 aromatic carbocycles. The maximum Gasteiger partial charge on any atom is 0.269 e. The SMILES string of the molecule is CC(C)Cc1cc(C(=O)NCc2csc(-c3cnccn3)n2)n(C)n1. The van der Waals surface area contributed by atoms with E-state index in [4.69, 9.17) is 0 Å². The third-order valence-electron chi connectivity index (χ3n) is 3.54. The summed E-state index contributed by atoms with van der Waals surface area (Å²) < 4.78 is 1.62. The van der Waals surface area contributed by atoms with Gasteiger partial charge in [0.25, 0.3) is 5.91 Å². The predicted molar refractivity (Wildman–Crippen MR) is 96.1 cm³/mol. The average Bonchev–Trinajstić information content (AvgIpc) is 3.20. The molecule has 130 valence electrons. The molecule has 0 aliphatic rings. The van der Waals surface area contributed by atoms with E-state index in [-0.39, 0.29) is 5.91 Å². The van der Waals surface area contributed by atoms with Gasteiger partial charge in [-0.1, -0.05) is 13.8 Å². The number of hydrogen-bond acceptors (Lipinski definition) is 6. The topological polar surface area (TPSA) is 85.6 Å². The van der Waals surface area contributed by atoms with Gasteiger partial charge >= 0.3 is 0 Å². The molecule has 8 heteroatoms. The van der Waals surface area contributed by atoms with Crippen LogP contribution in [0.4, 0.5) is 0 Å². The summed E-state index contributed by atoms with van der Waals surface area (Å²) in [7, 11) is 1.79. The Hall–Kier alpha value is -2.61. The fraction of sp³-hybridized carbons (Fsp3) is 0.353. The molecule has 0 saturated heterocycles. The molecule has 0 aliphatic carbocycles. The first-order chi connectivity index (χ1) is 12.0. The summed E-state index contributed by atoms with van der Waals surface area (Å²) >= 11 is 1.48. The second-order valence-corrected chi connectivity index (χ2v) is 7.02. The zero-order chi connectivity index (χ0) is 17.8. The van der Waals surface area contributed by atoms with Gasteiger partial charge in [-0.3, -0.25) is 19.4 Å². The minimum Gasteiger partial charge on any atom is -0.345 e. The van der Waals surface area contributed by atoms with Crippen molar-refractivity contribution in [3.05, 3.63) is 47.1 Å². The Kier molecular flexibility index (Phi) is 5.18. The molecule has 0 bridgehead atoms. The number of rotatable bonds is 6. The third-order valence-corrected chi connectivity index (χ3v) is 4.46. The van der Waals surface area contributed by atoms with E-state index in [1.54, 1.807) is 30.3 Å². The van der Waals surface area contributed by atoms with Gasteiger partial charge in [0, 0.05) is 24.8 Å². The van der Waals surface area contributed by atoms with Crippen LogP contribution >= 0.6 is 11.3 Å². The lowest BCUT2D eigenvalue weighted by Gasteiger charge is -2.03. The Morgan fingerprint density at radius 2 is 2.16 bits per heavy atom. The van der Waals surface area contributed by atoms with Gasteiger partial charge in [0.2, 0.25) is 0 Å². The maximum atomic E-state index is 12.4. The number of nitrogens with zero attached hydrogens (tertiary/aromatic N) is 5. The molecule has 3 heterocycles. The predicted octanol–water partition coefficient (Wildman–Crippen LogP) is 2.46. The lowest BCUT2D eigenvalue weighted by molar-refractivity contribution is 0.0941. The van der Waals surface area contributed by atoms with Crippen molar-refractivity contribution in [3.8, 4) is 10.7 Å². The quantitative estimate of drug-likeness (QED) is 0.733. The van der Waals surface area contributed by atoms with Crippen LogP contribution in [-0.4, -0.2) is 30.6 Å². The number of hydrogen-bond donors (Lipinski definition) is 1. The van der Waals surface area contributed by atoms with E-state index in [1.807, 2.05) is 11.4 Å². The third kappa shape index (κ3) is 4.27. The Morgan fingerprint density at radius 3 is 2.88 bits per heavy atom. The summed E-state index contributed by atoms with van der Waals surface area (Å²) in [5, 5.41) is 10.00. The Bertz CT molecular complexity index is 855. The van der Waals surface area contributed by atoms with Crippen LogP contribution in [0.15, 0.2) is 30.0 Å². The van der Waals surface area contributed by atoms with Crippen molar-refractivity contribution in [1.82, 2.24) is 30.0 Å². The van der Waals surface area contributed by atoms with Gasteiger partial charge in [-0.05, 0) is 18.4 Å². The van der Waals surface area contributed by atoms with Crippen LogP contribution in [0.25, 0.3) is 10.7 Å². The number of aryl methyl sites for hydroxylation is 1. The molecule has 3 aromatic rings. The first-order valence-electron chi connectivity index (χ1n) is 8.05. The molecule has 7 nitrogen and oxygen atoms in total. The fourth-order valence-corrected chi connectivity index (χ4v) is 3.21. The lowest BCUT2D eigenvalue weighted by Crippen LogP contribution is -2.25. The number of aromatic nitrogens is 5. The lowest BCUT2D eigenvalue weighted by atomic mass is 10.1. The standard InChI is InChI=1S/C17H20N6OS/c1-11(2)6-12-7-15(23(3)22-12)16(24)20-8-13-10-25-17(21-13)14-9-18-4-5-19-14/h4-5,7,9-11H,6,8H2,1-3H3,(H,20,24). The highest BCUT2D eigenvalue weighted by atomic mass is 32.1. The second kappa shape index (κ2) is 7.52. The molecule has 1 N–H and O–H groups in total. The molecule has 0 atom stereocenters. The minimum absolute atomic E-state index is 0.154. The summed E-state index contributed by atoms with van der Waals surface area (Å²) in [6.07, 6.45) is 5.79. The number of thiazole rings is 1. The number of carbonyl (C=O) groups excluding carboxylic acids is 1. The second-order valence-electron chi connectivity index (χ2n) is 6.16. The summed E-state index contributed by atoms with van der Waals surface area (Å²) in [5.74, 6) is 0.347. The monoisotopic (exact) mass is 356 g/mol. The van der Waals surface area contributed by atoms with Crippen LogP contribution in [0.1, 0.15) is 35.7 Å². The van der Waals surface area contributed by atoms with Crippen LogP contribution < -0.4 is 5.32 Å². The van der Waals surface area contributed by atoms with Crippen LogP contribution in [0.2, 0.25) is 0 Å². The molecule has 0 radical (unpaired) electrons. The van der Waals surface area contributed by atoms with Gasteiger partial charge in [0.05, 0.1) is 24.1 Å². The van der Waals surface area contributed by atoms with E-state index < -0.39 is 0 Å². The van der Waals surface area contributed by atoms with Gasteiger partial charge < -0.3 is 5.32 Å². The van der Waals surface area contributed by atoms with Crippen molar-refractivity contribution in [2.24, 2.45) is 13.0 Å². The highest BCUT2D eigenvalue weighted by Gasteiger charge is 2.14. The largest absolute Gasteiger partial charge is 0.345 e. The van der Waals surface area contributed by atoms with Gasteiger partial charge in [-0.25, -0.2) is 4.98 Å². The number of amides is 1. The Morgan fingerprint density at radius 1 is 1.32 bits per heavy atom. The van der Waals surface area contributed by atoms with Crippen molar-refractivity contribution in [2.75, 3.05) is 0 Å². The molecule has 0 saturated carbocycles. The fourth-order valence-electron chi connectivity index (χ4n) is 2.43. The van der Waals surface area contributed by atoms with Crippen LogP contribution in [-0.2, 0) is 20.0 Å². The number of carbonyl (C=O) groups is 1. The highest BCUT2D eigenvalue weighted by Crippen LogP contribution is 2.20. The van der Waals surface area contributed by atoms with E-state index in [9.17, 15) is 4.79 Å². The molecule has 0 fully saturated rings. The summed E-state index contributed by atoms with van der Waals surface area (Å²) in [6, 6.07) is 1.85. The first-order valence-corrected chi connectivity index (χ1v) is 8.93. The van der Waals surface area contributed by atoms with Gasteiger partial charge in [-0.2, -0.15) is 5.10 Å². The molecule has 25 heavy (non-hydrogen) atoms. The Balaban J connectivity index is 1.63. The highest BCUT2D eigenvalue weighted by molar-refractivity contribution is 7.13. The molecule has 1 amide bonds. The van der Waals surface area contributed by atoms with Crippen LogP contribution in [0.3, 0.4) is 0 Å². The normalized spacial score (nSPS) is 11.0. The molecule has 0 spiro atoms. The van der Waals surface area contributed by atoms with E-state index in [0.717, 1.165) is 28.5 Å². The van der Waals surface area contributed by atoms with E-state index in [0.29, 0.717) is 18.2 Å². The smallest absolute Gasteiger partial charge is 0.269 e. The van der Waals surface area contributed by atoms with E-state index in [1.165, 1.54) is 11.3 Å². The maximum absolute atomic E-state index is 12.4. The van der Waals surface area contributed by atoms with Gasteiger partial charge in [0.1, 0.15) is 16.4 Å². The number of nitrogens with one attached hydrogen (secondary N) is 1. The summed E-state index contributed by atoms with van der Waals surface area (Å²) in [4.78, 5) is 25.2. The zero-order valence-corrected chi connectivity index (χ0v) is 15.2. The molecule has 0 unspecified atom stereocenters. The van der Waals surface area contributed by atoms with Gasteiger partial charge in [-0.15, -0.1) is 11.3 Å². The van der Waals surface area contributed by atoms with Gasteiger partial charge in [0.15, 0.2) is 0 Å².